The fourth-order valence-electron chi connectivity index (χ4n) is 3.56. The number of nitrogens with zero attached hydrogens (tertiary/aromatic N) is 3. The van der Waals surface area contributed by atoms with Gasteiger partial charge in [-0.1, -0.05) is 0 Å². The molecular formula is C20H25F5N4O4S. The highest BCUT2D eigenvalue weighted by Gasteiger charge is 2.35. The molecule has 1 saturated heterocycles. The van der Waals surface area contributed by atoms with E-state index in [0.29, 0.717) is 29.9 Å². The van der Waals surface area contributed by atoms with Crippen LogP contribution in [0, 0.1) is 0 Å². The maximum atomic E-state index is 12.9. The minimum absolute atomic E-state index is 0.0396. The summed E-state index contributed by atoms with van der Waals surface area (Å²) in [5.74, 6) is 3.95. The number of amides is 1. The van der Waals surface area contributed by atoms with Crippen molar-refractivity contribution in [3.63, 3.8) is 0 Å². The number of hydrogen-bond acceptors (Lipinski definition) is 6. The van der Waals surface area contributed by atoms with E-state index >= 15 is 0 Å². The summed E-state index contributed by atoms with van der Waals surface area (Å²) >= 11 is 0. The lowest BCUT2D eigenvalue weighted by molar-refractivity contribution is -0.213. The molecular weight excluding hydrogens is 487 g/mol. The highest BCUT2D eigenvalue weighted by molar-refractivity contribution is 8.00. The van der Waals surface area contributed by atoms with Crippen LogP contribution in [-0.4, -0.2) is 73.1 Å². The normalized spacial score (nSPS) is 24.4. The number of carbonyl (C=O) groups excluding carboxylic acids is 1. The summed E-state index contributed by atoms with van der Waals surface area (Å²) in [6, 6.07) is 2.75. The molecule has 0 radical (unpaired) electrons. The van der Waals surface area contributed by atoms with Crippen molar-refractivity contribution in [2.45, 2.75) is 50.6 Å². The number of aromatic nitrogens is 3. The third-order valence-electron chi connectivity index (χ3n) is 5.53. The van der Waals surface area contributed by atoms with Crippen LogP contribution in [0.4, 0.5) is 22.0 Å². The van der Waals surface area contributed by atoms with Gasteiger partial charge in [0.05, 0.1) is 6.42 Å². The van der Waals surface area contributed by atoms with Crippen molar-refractivity contribution in [2.24, 2.45) is 7.05 Å². The Morgan fingerprint density at radius 2 is 1.94 bits per heavy atom. The molecule has 2 aromatic heterocycles. The Balaban J connectivity index is 1.73. The first kappa shape index (κ1) is 26.1. The zero-order valence-corrected chi connectivity index (χ0v) is 19.3. The van der Waals surface area contributed by atoms with Gasteiger partial charge in [-0.25, -0.2) is 4.98 Å². The average Bonchev–Trinajstić information content (AvgIpc) is 3.04. The summed E-state index contributed by atoms with van der Waals surface area (Å²) in [5, 5.41) is 2.92. The molecule has 190 valence electrons. The van der Waals surface area contributed by atoms with Crippen molar-refractivity contribution in [3.8, 4) is 5.88 Å². The Morgan fingerprint density at radius 3 is 2.53 bits per heavy atom. The molecule has 1 unspecified atom stereocenters. The van der Waals surface area contributed by atoms with E-state index in [1.807, 2.05) is 6.92 Å². The third kappa shape index (κ3) is 6.78. The van der Waals surface area contributed by atoms with Crippen LogP contribution in [0.15, 0.2) is 12.1 Å². The van der Waals surface area contributed by atoms with Crippen molar-refractivity contribution in [3.05, 3.63) is 18.0 Å². The van der Waals surface area contributed by atoms with Gasteiger partial charge >= 0.3 is 12.8 Å². The maximum absolute atomic E-state index is 12.9. The largest absolute Gasteiger partial charge is 0.475 e. The van der Waals surface area contributed by atoms with E-state index in [0.717, 1.165) is 0 Å². The number of aryl methyl sites for hydroxylation is 1. The summed E-state index contributed by atoms with van der Waals surface area (Å²) in [7, 11) is -0.598. The molecule has 34 heavy (non-hydrogen) atoms. The van der Waals surface area contributed by atoms with Crippen LogP contribution in [-0.2, 0) is 21.3 Å². The molecule has 0 bridgehead atoms. The predicted octanol–water partition coefficient (Wildman–Crippen LogP) is 2.91. The zero-order valence-electron chi connectivity index (χ0n) is 18.5. The molecule has 1 aliphatic rings. The Hall–Kier alpha value is -2.48. The van der Waals surface area contributed by atoms with Crippen LogP contribution in [0.1, 0.15) is 36.8 Å². The average molecular weight is 513 g/mol. The summed E-state index contributed by atoms with van der Waals surface area (Å²) in [5.41, 5.74) is -0.0436. The quantitative estimate of drug-likeness (QED) is 0.432. The van der Waals surface area contributed by atoms with Gasteiger partial charge in [-0.05, 0) is 41.2 Å². The summed E-state index contributed by atoms with van der Waals surface area (Å²) < 4.78 is 85.3. The molecule has 0 aliphatic carbocycles. The van der Waals surface area contributed by atoms with E-state index in [9.17, 15) is 31.0 Å². The molecule has 0 aromatic carbocycles. The van der Waals surface area contributed by atoms with Gasteiger partial charge in [-0.15, -0.1) is 0 Å². The van der Waals surface area contributed by atoms with Gasteiger partial charge in [0.2, 0.25) is 11.7 Å². The number of rotatable bonds is 8. The standard InChI is InChI=1S/C20H25F5N4O4S/c1-19(6-8-34(3,31)9-7-19)28-17(30)16-26-13-4-5-14(27-15(13)29(16)2)32-11-12(33-18(21)22)10-20(23,24)25/h4-5,12,18H,3,6-11H2,1-2H3,(H,28,30). The molecule has 0 spiro atoms. The first-order valence-corrected chi connectivity index (χ1v) is 12.3. The minimum Gasteiger partial charge on any atom is -0.475 e. The number of pyridine rings is 1. The van der Waals surface area contributed by atoms with Crippen molar-refractivity contribution < 1.29 is 40.4 Å². The molecule has 1 aliphatic heterocycles. The number of alkyl halides is 5. The number of ether oxygens (including phenoxy) is 2. The highest BCUT2D eigenvalue weighted by Crippen LogP contribution is 2.26. The van der Waals surface area contributed by atoms with E-state index in [1.165, 1.54) is 23.7 Å². The SMILES string of the molecule is C=S1(=O)CCC(C)(NC(=O)c2nc3ccc(OCC(CC(F)(F)F)OC(F)F)nc3n2C)CC1. The fourth-order valence-corrected chi connectivity index (χ4v) is 5.41. The molecule has 1 N–H and O–H groups in total. The van der Waals surface area contributed by atoms with Gasteiger partial charge < -0.3 is 19.4 Å². The molecule has 8 nitrogen and oxygen atoms in total. The van der Waals surface area contributed by atoms with Gasteiger partial charge in [0.15, 0.2) is 5.65 Å². The molecule has 14 heteroatoms. The Morgan fingerprint density at radius 1 is 1.29 bits per heavy atom. The first-order valence-electron chi connectivity index (χ1n) is 10.3. The second-order valence-electron chi connectivity index (χ2n) is 8.52. The summed E-state index contributed by atoms with van der Waals surface area (Å²) in [6.45, 7) is -2.34. The van der Waals surface area contributed by atoms with Crippen LogP contribution in [0.2, 0.25) is 0 Å². The van der Waals surface area contributed by atoms with E-state index in [-0.39, 0.29) is 17.4 Å². The van der Waals surface area contributed by atoms with Gasteiger partial charge in [0.1, 0.15) is 18.2 Å². The van der Waals surface area contributed by atoms with E-state index < -0.39 is 52.9 Å². The Bertz CT molecular complexity index is 1140. The molecule has 2 aromatic rings. The molecule has 1 atom stereocenters. The smallest absolute Gasteiger partial charge is 0.391 e. The van der Waals surface area contributed by atoms with Crippen LogP contribution in [0.3, 0.4) is 0 Å². The molecule has 0 saturated carbocycles. The fraction of sp³-hybridized carbons (Fsp3) is 0.600. The second kappa shape index (κ2) is 9.64. The van der Waals surface area contributed by atoms with Crippen LogP contribution in [0.5, 0.6) is 5.88 Å². The predicted molar refractivity (Wildman–Crippen MR) is 116 cm³/mol. The molecule has 1 amide bonds. The lowest BCUT2D eigenvalue weighted by Gasteiger charge is -2.35. The van der Waals surface area contributed by atoms with Crippen molar-refractivity contribution >= 4 is 32.5 Å². The number of imidazole rings is 1. The molecule has 3 heterocycles. The Labute approximate surface area is 192 Å². The van der Waals surface area contributed by atoms with Crippen molar-refractivity contribution in [1.29, 1.82) is 0 Å². The highest BCUT2D eigenvalue weighted by atomic mass is 32.2. The van der Waals surface area contributed by atoms with Crippen LogP contribution in [0.25, 0.3) is 11.2 Å². The number of halogens is 5. The van der Waals surface area contributed by atoms with E-state index in [1.54, 1.807) is 0 Å². The lowest BCUT2D eigenvalue weighted by atomic mass is 9.95. The number of hydrogen-bond donors (Lipinski definition) is 1. The van der Waals surface area contributed by atoms with Crippen LogP contribution >= 0.6 is 0 Å². The first-order chi connectivity index (χ1) is 15.7. The van der Waals surface area contributed by atoms with Gasteiger partial charge in [0, 0.05) is 30.2 Å². The monoisotopic (exact) mass is 512 g/mol. The third-order valence-corrected chi connectivity index (χ3v) is 7.43. The van der Waals surface area contributed by atoms with Crippen LogP contribution < -0.4 is 10.1 Å². The summed E-state index contributed by atoms with van der Waals surface area (Å²) in [6.07, 6.45) is -7.25. The minimum atomic E-state index is -4.72. The lowest BCUT2D eigenvalue weighted by Crippen LogP contribution is -2.51. The van der Waals surface area contributed by atoms with Gasteiger partial charge in [-0.3, -0.25) is 9.00 Å². The maximum Gasteiger partial charge on any atom is 0.391 e. The Kier molecular flexibility index (Phi) is 7.41. The van der Waals surface area contributed by atoms with Crippen molar-refractivity contribution in [1.82, 2.24) is 19.9 Å². The van der Waals surface area contributed by atoms with Crippen molar-refractivity contribution in [2.75, 3.05) is 18.1 Å². The van der Waals surface area contributed by atoms with Gasteiger partial charge in [-0.2, -0.15) is 26.9 Å². The summed E-state index contributed by atoms with van der Waals surface area (Å²) in [4.78, 5) is 21.3. The zero-order chi connectivity index (χ0) is 25.3. The molecule has 1 fully saturated rings. The second-order valence-corrected chi connectivity index (χ2v) is 11.3. The van der Waals surface area contributed by atoms with Gasteiger partial charge in [0.25, 0.3) is 5.91 Å². The molecule has 3 rings (SSSR count). The number of nitrogens with one attached hydrogen (secondary N) is 1. The van der Waals surface area contributed by atoms with E-state index in [4.69, 9.17) is 4.74 Å². The number of fused-ring (bicyclic) bond motifs is 1. The number of carbonyl (C=O) groups is 1. The topological polar surface area (TPSA) is 95.3 Å². The van der Waals surface area contributed by atoms with E-state index in [2.05, 4.69) is 25.9 Å².